The van der Waals surface area contributed by atoms with E-state index in [-0.39, 0.29) is 5.78 Å². The number of benzene rings is 2. The predicted molar refractivity (Wildman–Crippen MR) is 88.0 cm³/mol. The van der Waals surface area contributed by atoms with Crippen molar-refractivity contribution >= 4 is 33.1 Å². The van der Waals surface area contributed by atoms with E-state index in [2.05, 4.69) is 46.8 Å². The molecule has 20 heavy (non-hydrogen) atoms. The van der Waals surface area contributed by atoms with Crippen LogP contribution in [0, 0.1) is 6.92 Å². The number of hydrogen-bond acceptors (Lipinski definition) is 2. The maximum Gasteiger partial charge on any atom is 0.161 e. The lowest BCUT2D eigenvalue weighted by molar-refractivity contribution is 0.101. The van der Waals surface area contributed by atoms with Gasteiger partial charge < -0.3 is 4.90 Å². The zero-order valence-electron chi connectivity index (χ0n) is 12.0. The van der Waals surface area contributed by atoms with Gasteiger partial charge in [-0.3, -0.25) is 4.79 Å². The van der Waals surface area contributed by atoms with Crippen molar-refractivity contribution in [3.63, 3.8) is 0 Å². The SMILES string of the molecule is CCN(c1ccccc1C)c1ccc(Br)cc1C(C)=O. The van der Waals surface area contributed by atoms with Gasteiger partial charge in [0.25, 0.3) is 0 Å². The minimum atomic E-state index is 0.0772. The topological polar surface area (TPSA) is 20.3 Å². The summed E-state index contributed by atoms with van der Waals surface area (Å²) in [6.45, 7) is 6.60. The van der Waals surface area contributed by atoms with Gasteiger partial charge in [-0.1, -0.05) is 34.1 Å². The van der Waals surface area contributed by atoms with Crippen LogP contribution in [0.25, 0.3) is 0 Å². The lowest BCUT2D eigenvalue weighted by atomic mass is 10.1. The van der Waals surface area contributed by atoms with Crippen molar-refractivity contribution < 1.29 is 4.79 Å². The maximum absolute atomic E-state index is 11.9. The van der Waals surface area contributed by atoms with Gasteiger partial charge in [0.05, 0.1) is 5.69 Å². The van der Waals surface area contributed by atoms with Crippen LogP contribution in [0.5, 0.6) is 0 Å². The van der Waals surface area contributed by atoms with Gasteiger partial charge in [-0.2, -0.15) is 0 Å². The molecule has 0 amide bonds. The molecule has 0 spiro atoms. The zero-order valence-corrected chi connectivity index (χ0v) is 13.6. The molecule has 2 aromatic carbocycles. The van der Waals surface area contributed by atoms with Crippen molar-refractivity contribution in [2.75, 3.05) is 11.4 Å². The second kappa shape index (κ2) is 6.23. The van der Waals surface area contributed by atoms with Crippen LogP contribution in [0.1, 0.15) is 29.8 Å². The number of aryl methyl sites for hydroxylation is 1. The fourth-order valence-electron chi connectivity index (χ4n) is 2.36. The van der Waals surface area contributed by atoms with Crippen molar-refractivity contribution in [1.29, 1.82) is 0 Å². The molecular formula is C17H18BrNO. The summed E-state index contributed by atoms with van der Waals surface area (Å²) in [5.74, 6) is 0.0772. The highest BCUT2D eigenvalue weighted by Crippen LogP contribution is 2.32. The molecule has 2 aromatic rings. The number of para-hydroxylation sites is 1. The number of anilines is 2. The van der Waals surface area contributed by atoms with Crippen molar-refractivity contribution in [2.24, 2.45) is 0 Å². The van der Waals surface area contributed by atoms with E-state index in [0.717, 1.165) is 28.0 Å². The van der Waals surface area contributed by atoms with E-state index in [1.54, 1.807) is 6.92 Å². The predicted octanol–water partition coefficient (Wildman–Crippen LogP) is 5.12. The Hall–Kier alpha value is -1.61. The molecule has 2 rings (SSSR count). The van der Waals surface area contributed by atoms with Gasteiger partial charge in [0.15, 0.2) is 5.78 Å². The number of ketones is 1. The van der Waals surface area contributed by atoms with Gasteiger partial charge in [0.1, 0.15) is 0 Å². The third-order valence-electron chi connectivity index (χ3n) is 3.35. The summed E-state index contributed by atoms with van der Waals surface area (Å²) in [6.07, 6.45) is 0. The normalized spacial score (nSPS) is 10.4. The minimum absolute atomic E-state index is 0.0772. The molecule has 0 heterocycles. The first kappa shape index (κ1) is 14.8. The van der Waals surface area contributed by atoms with Crippen LogP contribution in [0.2, 0.25) is 0 Å². The van der Waals surface area contributed by atoms with Crippen LogP contribution in [-0.2, 0) is 0 Å². The van der Waals surface area contributed by atoms with Gasteiger partial charge in [0, 0.05) is 22.3 Å². The molecule has 0 aromatic heterocycles. The van der Waals surface area contributed by atoms with E-state index in [4.69, 9.17) is 0 Å². The summed E-state index contributed by atoms with van der Waals surface area (Å²) < 4.78 is 0.923. The van der Waals surface area contributed by atoms with E-state index in [1.807, 2.05) is 30.3 Å². The minimum Gasteiger partial charge on any atom is -0.341 e. The number of nitrogens with zero attached hydrogens (tertiary/aromatic N) is 1. The van der Waals surface area contributed by atoms with E-state index in [1.165, 1.54) is 5.56 Å². The Morgan fingerprint density at radius 1 is 1.15 bits per heavy atom. The van der Waals surface area contributed by atoms with Gasteiger partial charge >= 0.3 is 0 Å². The van der Waals surface area contributed by atoms with Gasteiger partial charge in [-0.25, -0.2) is 0 Å². The molecule has 104 valence electrons. The maximum atomic E-state index is 11.9. The summed E-state index contributed by atoms with van der Waals surface area (Å²) in [5, 5.41) is 0. The molecule has 0 saturated heterocycles. The van der Waals surface area contributed by atoms with Gasteiger partial charge in [0.2, 0.25) is 0 Å². The molecule has 2 nitrogen and oxygen atoms in total. The molecule has 0 radical (unpaired) electrons. The van der Waals surface area contributed by atoms with Crippen LogP contribution in [-0.4, -0.2) is 12.3 Å². The van der Waals surface area contributed by atoms with Gasteiger partial charge in [-0.05, 0) is 50.6 Å². The van der Waals surface area contributed by atoms with E-state index in [0.29, 0.717) is 0 Å². The van der Waals surface area contributed by atoms with Crippen molar-refractivity contribution in [3.8, 4) is 0 Å². The molecule has 0 aliphatic rings. The molecule has 0 N–H and O–H groups in total. The Bertz CT molecular complexity index is 637. The molecular weight excluding hydrogens is 314 g/mol. The van der Waals surface area contributed by atoms with Crippen molar-refractivity contribution in [3.05, 3.63) is 58.1 Å². The largest absolute Gasteiger partial charge is 0.341 e. The third kappa shape index (κ3) is 2.93. The monoisotopic (exact) mass is 331 g/mol. The smallest absolute Gasteiger partial charge is 0.161 e. The molecule has 0 bridgehead atoms. The van der Waals surface area contributed by atoms with E-state index in [9.17, 15) is 4.79 Å². The first-order valence-electron chi connectivity index (χ1n) is 6.68. The summed E-state index contributed by atoms with van der Waals surface area (Å²) >= 11 is 3.44. The number of Topliss-reactive ketones (excluding diaryl/α,β-unsaturated/α-hetero) is 1. The molecule has 0 unspecified atom stereocenters. The Labute approximate surface area is 128 Å². The molecule has 0 saturated carbocycles. The number of hydrogen-bond donors (Lipinski definition) is 0. The molecule has 0 aliphatic heterocycles. The average Bonchev–Trinajstić information content (AvgIpc) is 2.42. The summed E-state index contributed by atoms with van der Waals surface area (Å²) in [5.41, 5.74) is 4.04. The van der Waals surface area contributed by atoms with E-state index < -0.39 is 0 Å². The molecule has 0 atom stereocenters. The lowest BCUT2D eigenvalue weighted by Crippen LogP contribution is -2.19. The Kier molecular flexibility index (Phi) is 4.61. The van der Waals surface area contributed by atoms with Crippen molar-refractivity contribution in [2.45, 2.75) is 20.8 Å². The number of carbonyl (C=O) groups is 1. The standard InChI is InChI=1S/C17H18BrNO/c1-4-19(16-8-6-5-7-12(16)2)17-10-9-14(18)11-15(17)13(3)20/h5-11H,4H2,1-3H3. The molecule has 0 fully saturated rings. The van der Waals surface area contributed by atoms with Crippen LogP contribution in [0.3, 0.4) is 0 Å². The number of rotatable bonds is 4. The van der Waals surface area contributed by atoms with Crippen LogP contribution >= 0.6 is 15.9 Å². The highest BCUT2D eigenvalue weighted by molar-refractivity contribution is 9.10. The quantitative estimate of drug-likeness (QED) is 0.725. The summed E-state index contributed by atoms with van der Waals surface area (Å²) in [6, 6.07) is 14.1. The van der Waals surface area contributed by atoms with E-state index >= 15 is 0 Å². The summed E-state index contributed by atoms with van der Waals surface area (Å²) in [7, 11) is 0. The zero-order chi connectivity index (χ0) is 14.7. The second-order valence-electron chi connectivity index (χ2n) is 4.75. The Balaban J connectivity index is 2.58. The van der Waals surface area contributed by atoms with Crippen molar-refractivity contribution in [1.82, 2.24) is 0 Å². The second-order valence-corrected chi connectivity index (χ2v) is 5.66. The van der Waals surface area contributed by atoms with Crippen LogP contribution in [0.4, 0.5) is 11.4 Å². The Morgan fingerprint density at radius 3 is 2.45 bits per heavy atom. The first-order valence-corrected chi connectivity index (χ1v) is 7.47. The fraction of sp³-hybridized carbons (Fsp3) is 0.235. The van der Waals surface area contributed by atoms with Gasteiger partial charge in [-0.15, -0.1) is 0 Å². The molecule has 0 aliphatic carbocycles. The highest BCUT2D eigenvalue weighted by atomic mass is 79.9. The lowest BCUT2D eigenvalue weighted by Gasteiger charge is -2.27. The fourth-order valence-corrected chi connectivity index (χ4v) is 2.72. The Morgan fingerprint density at radius 2 is 1.85 bits per heavy atom. The summed E-state index contributed by atoms with van der Waals surface area (Å²) in [4.78, 5) is 14.1. The third-order valence-corrected chi connectivity index (χ3v) is 3.84. The van der Waals surface area contributed by atoms with Crippen LogP contribution in [0.15, 0.2) is 46.9 Å². The molecule has 3 heteroatoms. The number of carbonyl (C=O) groups excluding carboxylic acids is 1. The highest BCUT2D eigenvalue weighted by Gasteiger charge is 2.16. The van der Waals surface area contributed by atoms with Crippen LogP contribution < -0.4 is 4.90 Å². The first-order chi connectivity index (χ1) is 9.54. The average molecular weight is 332 g/mol. The number of halogens is 1.